The van der Waals surface area contributed by atoms with Crippen molar-refractivity contribution in [2.24, 2.45) is 7.05 Å². The molecule has 4 nitrogen and oxygen atoms in total. The zero-order valence-corrected chi connectivity index (χ0v) is 11.2. The number of benzene rings is 1. The fourth-order valence-electron chi connectivity index (χ4n) is 1.86. The Morgan fingerprint density at radius 2 is 2.16 bits per heavy atom. The van der Waals surface area contributed by atoms with Crippen LogP contribution in [0.1, 0.15) is 23.0 Å². The van der Waals surface area contributed by atoms with E-state index in [1.54, 1.807) is 19.2 Å². The molecule has 6 heteroatoms. The predicted octanol–water partition coefficient (Wildman–Crippen LogP) is 3.14. The molecule has 0 bridgehead atoms. The highest BCUT2D eigenvalue weighted by Gasteiger charge is 2.17. The second-order valence-corrected chi connectivity index (χ2v) is 4.54. The third-order valence-electron chi connectivity index (χ3n) is 2.87. The standard InChI is InChI=1S/C13H12ClFN2O2/c1-3-7-4-8(12(15)9(14)5-7)11-6-10(13(18)19)16-17(11)2/h4-6H,3H2,1-2H3,(H,18,19). The summed E-state index contributed by atoms with van der Waals surface area (Å²) >= 11 is 5.85. The normalized spacial score (nSPS) is 10.7. The first-order chi connectivity index (χ1) is 8.93. The van der Waals surface area contributed by atoms with Gasteiger partial charge in [-0.2, -0.15) is 5.10 Å². The van der Waals surface area contributed by atoms with Crippen LogP contribution in [-0.4, -0.2) is 20.9 Å². The van der Waals surface area contributed by atoms with Crippen LogP contribution in [0.2, 0.25) is 5.02 Å². The Morgan fingerprint density at radius 1 is 1.47 bits per heavy atom. The molecular weight excluding hydrogens is 271 g/mol. The van der Waals surface area contributed by atoms with Crippen LogP contribution in [0.15, 0.2) is 18.2 Å². The summed E-state index contributed by atoms with van der Waals surface area (Å²) in [5.74, 6) is -1.72. The van der Waals surface area contributed by atoms with Gasteiger partial charge in [0, 0.05) is 12.6 Å². The molecule has 0 aliphatic rings. The summed E-state index contributed by atoms with van der Waals surface area (Å²) in [6.07, 6.45) is 0.705. The highest BCUT2D eigenvalue weighted by Crippen LogP contribution is 2.30. The first-order valence-electron chi connectivity index (χ1n) is 5.69. The molecular formula is C13H12ClFN2O2. The van der Waals surface area contributed by atoms with Crippen molar-refractivity contribution in [2.75, 3.05) is 0 Å². The van der Waals surface area contributed by atoms with Crippen molar-refractivity contribution < 1.29 is 14.3 Å². The van der Waals surface area contributed by atoms with Crippen LogP contribution >= 0.6 is 11.6 Å². The lowest BCUT2D eigenvalue weighted by Gasteiger charge is -2.07. The van der Waals surface area contributed by atoms with Crippen molar-refractivity contribution >= 4 is 17.6 Å². The molecule has 19 heavy (non-hydrogen) atoms. The SMILES string of the molecule is CCc1cc(Cl)c(F)c(-c2cc(C(=O)O)nn2C)c1. The van der Waals surface area contributed by atoms with E-state index in [1.807, 2.05) is 6.92 Å². The van der Waals surface area contributed by atoms with Crippen molar-refractivity contribution in [3.63, 3.8) is 0 Å². The van der Waals surface area contributed by atoms with Crippen molar-refractivity contribution in [1.82, 2.24) is 9.78 Å². The quantitative estimate of drug-likeness (QED) is 0.941. The van der Waals surface area contributed by atoms with Gasteiger partial charge in [0.2, 0.25) is 0 Å². The lowest BCUT2D eigenvalue weighted by Crippen LogP contribution is -2.00. The number of halogens is 2. The number of nitrogens with zero attached hydrogens (tertiary/aromatic N) is 2. The maximum Gasteiger partial charge on any atom is 0.356 e. The smallest absolute Gasteiger partial charge is 0.356 e. The van der Waals surface area contributed by atoms with Crippen LogP contribution in [-0.2, 0) is 13.5 Å². The van der Waals surface area contributed by atoms with Crippen LogP contribution < -0.4 is 0 Å². The van der Waals surface area contributed by atoms with Gasteiger partial charge in [0.05, 0.1) is 10.7 Å². The molecule has 2 rings (SSSR count). The molecule has 0 radical (unpaired) electrons. The van der Waals surface area contributed by atoms with E-state index in [9.17, 15) is 9.18 Å². The van der Waals surface area contributed by atoms with E-state index in [0.29, 0.717) is 12.1 Å². The number of carboxylic acid groups (broad SMARTS) is 1. The molecule has 100 valence electrons. The molecule has 0 aliphatic heterocycles. The second kappa shape index (κ2) is 5.01. The molecule has 0 amide bonds. The van der Waals surface area contributed by atoms with Crippen molar-refractivity contribution in [2.45, 2.75) is 13.3 Å². The Balaban J connectivity index is 2.64. The summed E-state index contributed by atoms with van der Waals surface area (Å²) < 4.78 is 15.4. The molecule has 0 aliphatic carbocycles. The number of hydrogen-bond donors (Lipinski definition) is 1. The van der Waals surface area contributed by atoms with Crippen molar-refractivity contribution in [3.05, 3.63) is 40.3 Å². The lowest BCUT2D eigenvalue weighted by molar-refractivity contribution is 0.0689. The fraction of sp³-hybridized carbons (Fsp3) is 0.231. The zero-order valence-electron chi connectivity index (χ0n) is 10.4. The van der Waals surface area contributed by atoms with E-state index >= 15 is 0 Å². The maximum atomic E-state index is 14.1. The topological polar surface area (TPSA) is 55.1 Å². The predicted molar refractivity (Wildman–Crippen MR) is 69.9 cm³/mol. The van der Waals surface area contributed by atoms with Gasteiger partial charge in [-0.1, -0.05) is 18.5 Å². The van der Waals surface area contributed by atoms with Crippen LogP contribution in [0.25, 0.3) is 11.3 Å². The Labute approximate surface area is 114 Å². The third kappa shape index (κ3) is 2.46. The van der Waals surface area contributed by atoms with Crippen LogP contribution in [0.4, 0.5) is 4.39 Å². The van der Waals surface area contributed by atoms with Crippen LogP contribution in [0.3, 0.4) is 0 Å². The van der Waals surface area contributed by atoms with E-state index in [0.717, 1.165) is 5.56 Å². The molecule has 1 aromatic heterocycles. The van der Waals surface area contributed by atoms with Gasteiger partial charge in [0.1, 0.15) is 0 Å². The maximum absolute atomic E-state index is 14.1. The number of aryl methyl sites for hydroxylation is 2. The average molecular weight is 283 g/mol. The number of aromatic nitrogens is 2. The van der Waals surface area contributed by atoms with Crippen LogP contribution in [0.5, 0.6) is 0 Å². The van der Waals surface area contributed by atoms with E-state index < -0.39 is 11.8 Å². The largest absolute Gasteiger partial charge is 0.476 e. The molecule has 2 aromatic rings. The summed E-state index contributed by atoms with van der Waals surface area (Å²) in [7, 11) is 1.56. The molecule has 1 N–H and O–H groups in total. The molecule has 1 aromatic carbocycles. The molecule has 0 fully saturated rings. The van der Waals surface area contributed by atoms with Gasteiger partial charge in [-0.3, -0.25) is 4.68 Å². The lowest BCUT2D eigenvalue weighted by atomic mass is 10.1. The highest BCUT2D eigenvalue weighted by atomic mass is 35.5. The van der Waals surface area contributed by atoms with Gasteiger partial charge in [0.25, 0.3) is 0 Å². The average Bonchev–Trinajstić information content (AvgIpc) is 2.75. The van der Waals surface area contributed by atoms with Crippen LogP contribution in [0, 0.1) is 5.82 Å². The number of carbonyl (C=O) groups is 1. The van der Waals surface area contributed by atoms with E-state index in [2.05, 4.69) is 5.10 Å². The minimum absolute atomic E-state index is 0.0208. The summed E-state index contributed by atoms with van der Waals surface area (Å²) in [5, 5.41) is 12.7. The van der Waals surface area contributed by atoms with Gasteiger partial charge in [-0.05, 0) is 30.2 Å². The van der Waals surface area contributed by atoms with Gasteiger partial charge >= 0.3 is 5.97 Å². The van der Waals surface area contributed by atoms with Gasteiger partial charge in [-0.15, -0.1) is 0 Å². The molecule has 1 heterocycles. The van der Waals surface area contributed by atoms with Crippen molar-refractivity contribution in [1.29, 1.82) is 0 Å². The van der Waals surface area contributed by atoms with Gasteiger partial charge in [-0.25, -0.2) is 9.18 Å². The first-order valence-corrected chi connectivity index (χ1v) is 6.07. The second-order valence-electron chi connectivity index (χ2n) is 4.14. The number of carboxylic acids is 1. The molecule has 0 saturated carbocycles. The third-order valence-corrected chi connectivity index (χ3v) is 3.15. The number of rotatable bonds is 3. The first kappa shape index (κ1) is 13.5. The van der Waals surface area contributed by atoms with E-state index in [4.69, 9.17) is 16.7 Å². The minimum Gasteiger partial charge on any atom is -0.476 e. The van der Waals surface area contributed by atoms with E-state index in [1.165, 1.54) is 10.7 Å². The molecule has 0 spiro atoms. The summed E-state index contributed by atoms with van der Waals surface area (Å²) in [5.41, 5.74) is 1.38. The molecule has 0 saturated heterocycles. The zero-order chi connectivity index (χ0) is 14.2. The Bertz CT molecular complexity index is 652. The Kier molecular flexibility index (Phi) is 3.57. The molecule has 0 atom stereocenters. The summed E-state index contributed by atoms with van der Waals surface area (Å²) in [6, 6.07) is 4.55. The molecule has 0 unspecified atom stereocenters. The van der Waals surface area contributed by atoms with Crippen molar-refractivity contribution in [3.8, 4) is 11.3 Å². The summed E-state index contributed by atoms with van der Waals surface area (Å²) in [6.45, 7) is 1.93. The highest BCUT2D eigenvalue weighted by molar-refractivity contribution is 6.31. The van der Waals surface area contributed by atoms with E-state index in [-0.39, 0.29) is 16.3 Å². The van der Waals surface area contributed by atoms with Gasteiger partial charge < -0.3 is 5.11 Å². The monoisotopic (exact) mass is 282 g/mol. The van der Waals surface area contributed by atoms with Gasteiger partial charge in [0.15, 0.2) is 11.5 Å². The Hall–Kier alpha value is -1.88. The fourth-order valence-corrected chi connectivity index (χ4v) is 2.10. The number of hydrogen-bond acceptors (Lipinski definition) is 2. The summed E-state index contributed by atoms with van der Waals surface area (Å²) in [4.78, 5) is 10.9. The Morgan fingerprint density at radius 3 is 2.68 bits per heavy atom. The number of aromatic carboxylic acids is 1. The minimum atomic E-state index is -1.15.